The fraction of sp³-hybridized carbons (Fsp3) is 0.529. The Morgan fingerprint density at radius 3 is 2.12 bits per heavy atom. The predicted molar refractivity (Wildman–Crippen MR) is 193 cm³/mol. The molecule has 2 bridgehead atoms. The Hall–Kier alpha value is -2.83. The van der Waals surface area contributed by atoms with Crippen molar-refractivity contribution >= 4 is 81.7 Å². The van der Waals surface area contributed by atoms with Gasteiger partial charge in [-0.3, -0.25) is 4.90 Å². The van der Waals surface area contributed by atoms with Gasteiger partial charge < -0.3 is 28.6 Å². The molecule has 2 aromatic rings. The predicted octanol–water partition coefficient (Wildman–Crippen LogP) is 8.45. The van der Waals surface area contributed by atoms with E-state index in [1.165, 1.54) is 23.6 Å². The molecule has 0 aliphatic carbocycles. The number of esters is 1. The van der Waals surface area contributed by atoms with Crippen LogP contribution in [0.1, 0.15) is 59.1 Å². The molecule has 1 aromatic heterocycles. The van der Waals surface area contributed by atoms with Gasteiger partial charge >= 0.3 is 18.2 Å². The van der Waals surface area contributed by atoms with E-state index >= 15 is 0 Å². The second-order valence-electron chi connectivity index (χ2n) is 13.3. The second-order valence-corrected chi connectivity index (χ2v) is 16.4. The van der Waals surface area contributed by atoms with E-state index in [4.69, 9.17) is 81.7 Å². The van der Waals surface area contributed by atoms with E-state index in [1.807, 2.05) is 6.92 Å². The van der Waals surface area contributed by atoms with Crippen LogP contribution in [0.25, 0.3) is 5.57 Å². The van der Waals surface area contributed by atoms with Gasteiger partial charge in [0.25, 0.3) is 0 Å². The summed E-state index contributed by atoms with van der Waals surface area (Å²) in [5.74, 6) is 0.00967. The van der Waals surface area contributed by atoms with Crippen molar-refractivity contribution in [3.63, 3.8) is 0 Å². The molecule has 0 radical (unpaired) electrons. The fourth-order valence-corrected chi connectivity index (χ4v) is 6.31. The number of amides is 2. The van der Waals surface area contributed by atoms with Gasteiger partial charge in [0.2, 0.25) is 9.67 Å². The molecule has 1 aromatic carbocycles. The second kappa shape index (κ2) is 15.8. The molecule has 16 heteroatoms. The zero-order valence-corrected chi connectivity index (χ0v) is 32.6. The van der Waals surface area contributed by atoms with Crippen molar-refractivity contribution in [2.75, 3.05) is 32.9 Å². The van der Waals surface area contributed by atoms with Gasteiger partial charge in [-0.2, -0.15) is 0 Å². The molecular weight excluding hydrogens is 756 g/mol. The highest BCUT2D eigenvalue weighted by Gasteiger charge is 2.52. The molecule has 0 spiro atoms. The summed E-state index contributed by atoms with van der Waals surface area (Å²) < 4.78 is 26.4. The van der Waals surface area contributed by atoms with Crippen molar-refractivity contribution < 1.29 is 38.1 Å². The van der Waals surface area contributed by atoms with E-state index in [9.17, 15) is 14.4 Å². The van der Waals surface area contributed by atoms with Crippen molar-refractivity contribution in [2.45, 2.75) is 82.0 Å². The Morgan fingerprint density at radius 2 is 1.56 bits per heavy atom. The first-order chi connectivity index (χ1) is 23.2. The van der Waals surface area contributed by atoms with E-state index in [-0.39, 0.29) is 44.9 Å². The highest BCUT2D eigenvalue weighted by atomic mass is 35.6. The van der Waals surface area contributed by atoms with E-state index in [1.54, 1.807) is 58.2 Å². The average molecular weight is 796 g/mol. The number of benzene rings is 1. The normalized spacial score (nSPS) is 18.1. The van der Waals surface area contributed by atoms with Gasteiger partial charge in [0.15, 0.2) is 11.4 Å². The number of rotatable bonds is 9. The number of ether oxygens (including phenoxy) is 5. The van der Waals surface area contributed by atoms with Gasteiger partial charge in [-0.15, -0.1) is 0 Å². The molecule has 4 rings (SSSR count). The summed E-state index contributed by atoms with van der Waals surface area (Å²) in [6.07, 6.45) is 0.298. The largest absolute Gasteiger partial charge is 0.487 e. The molecule has 1 fully saturated rings. The number of hydrogen-bond donors (Lipinski definition) is 0. The number of aryl methyl sites for hydroxylation is 1. The van der Waals surface area contributed by atoms with E-state index in [0.717, 1.165) is 5.56 Å². The summed E-state index contributed by atoms with van der Waals surface area (Å²) in [5, 5.41) is 0.797. The van der Waals surface area contributed by atoms with Gasteiger partial charge in [0, 0.05) is 25.4 Å². The third kappa shape index (κ3) is 9.53. The summed E-state index contributed by atoms with van der Waals surface area (Å²) in [4.78, 5) is 48.1. The van der Waals surface area contributed by atoms with Crippen molar-refractivity contribution in [2.24, 2.45) is 0 Å². The third-order valence-electron chi connectivity index (χ3n) is 7.84. The summed E-state index contributed by atoms with van der Waals surface area (Å²) in [6, 6.07) is 5.28. The minimum Gasteiger partial charge on any atom is -0.487 e. The van der Waals surface area contributed by atoms with Crippen LogP contribution in [0, 0.1) is 6.92 Å². The summed E-state index contributed by atoms with van der Waals surface area (Å²) in [7, 11) is 0. The van der Waals surface area contributed by atoms with Crippen LogP contribution in [0.4, 0.5) is 9.59 Å². The summed E-state index contributed by atoms with van der Waals surface area (Å²) in [6.45, 7) is 12.1. The molecule has 1 saturated heterocycles. The molecule has 0 unspecified atom stereocenters. The number of halogens is 5. The number of fused-ring (bicyclic) bond motifs is 2. The molecule has 2 amide bonds. The highest BCUT2D eigenvalue weighted by molar-refractivity contribution is 6.68. The molecule has 2 aliphatic rings. The number of nitrogens with zero attached hydrogens (tertiary/aromatic N) is 3. The van der Waals surface area contributed by atoms with E-state index in [0.29, 0.717) is 32.8 Å². The number of alkyl halides is 3. The molecule has 274 valence electrons. The Kier molecular flexibility index (Phi) is 12.6. The third-order valence-corrected chi connectivity index (χ3v) is 9.77. The maximum Gasteiger partial charge on any atom is 0.411 e. The van der Waals surface area contributed by atoms with Crippen LogP contribution in [0.15, 0.2) is 36.0 Å². The van der Waals surface area contributed by atoms with Gasteiger partial charge in [-0.25, -0.2) is 19.4 Å². The van der Waals surface area contributed by atoms with Crippen molar-refractivity contribution in [1.29, 1.82) is 0 Å². The lowest BCUT2D eigenvalue weighted by molar-refractivity contribution is -0.140. The van der Waals surface area contributed by atoms with E-state index in [2.05, 4.69) is 4.98 Å². The van der Waals surface area contributed by atoms with Crippen LogP contribution < -0.4 is 9.47 Å². The lowest BCUT2D eigenvalue weighted by Crippen LogP contribution is -2.66. The monoisotopic (exact) mass is 793 g/mol. The first-order valence-corrected chi connectivity index (χ1v) is 17.7. The lowest BCUT2D eigenvalue weighted by atomic mass is 9.82. The zero-order chi connectivity index (χ0) is 37.2. The number of pyridine rings is 1. The van der Waals surface area contributed by atoms with Crippen molar-refractivity contribution in [1.82, 2.24) is 14.8 Å². The smallest absolute Gasteiger partial charge is 0.411 e. The Balaban J connectivity index is 1.63. The Labute approximate surface area is 316 Å². The molecular formula is C34H40Cl5N3O8. The number of piperazine rings is 1. The molecule has 11 nitrogen and oxygen atoms in total. The van der Waals surface area contributed by atoms with Crippen LogP contribution in [0.5, 0.6) is 11.6 Å². The number of hydrogen-bond acceptors (Lipinski definition) is 9. The number of aromatic nitrogens is 1. The fourth-order valence-electron chi connectivity index (χ4n) is 5.49. The maximum atomic E-state index is 13.8. The van der Waals surface area contributed by atoms with Crippen molar-refractivity contribution in [3.05, 3.63) is 57.2 Å². The molecule has 3 heterocycles. The van der Waals surface area contributed by atoms with Gasteiger partial charge in [-0.1, -0.05) is 58.0 Å². The van der Waals surface area contributed by atoms with Crippen LogP contribution in [-0.2, 0) is 19.0 Å². The first-order valence-electron chi connectivity index (χ1n) is 15.9. The molecule has 2 atom stereocenters. The number of carbonyl (C=O) groups is 3. The van der Waals surface area contributed by atoms with Crippen LogP contribution in [-0.4, -0.2) is 92.9 Å². The van der Waals surface area contributed by atoms with Gasteiger partial charge in [0.05, 0.1) is 34.3 Å². The minimum atomic E-state index is -1.95. The standard InChI is InChI=1S/C34H40Cl5N3O8/c1-8-46-29(43)27-22(20-9-10-26(40-16-20)47-11-12-48-28-23(35)13-19(2)14-24(28)36)15-21-17-41(30(44)49-32(3,4)5)18-25(27)42(21)31(45)50-33(6,7)34(37,38)39/h9-10,13-14,16,21,25H,8,11-12,15,17-18H2,1-7H3/t21-,25-/m1/s1. The molecule has 0 saturated carbocycles. The zero-order valence-electron chi connectivity index (χ0n) is 28.8. The highest BCUT2D eigenvalue weighted by Crippen LogP contribution is 2.43. The van der Waals surface area contributed by atoms with Crippen LogP contribution >= 0.6 is 58.0 Å². The molecule has 2 aliphatic heterocycles. The lowest BCUT2D eigenvalue weighted by Gasteiger charge is -2.50. The Bertz CT molecular complexity index is 1600. The molecule has 0 N–H and O–H groups in total. The topological polar surface area (TPSA) is 117 Å². The maximum absolute atomic E-state index is 13.8. The quantitative estimate of drug-likeness (QED) is 0.107. The number of carbonyl (C=O) groups excluding carboxylic acids is 3. The van der Waals surface area contributed by atoms with Crippen LogP contribution in [0.3, 0.4) is 0 Å². The molecule has 50 heavy (non-hydrogen) atoms. The van der Waals surface area contributed by atoms with Gasteiger partial charge in [-0.05, 0) is 89.8 Å². The summed E-state index contributed by atoms with van der Waals surface area (Å²) >= 11 is 30.9. The van der Waals surface area contributed by atoms with Gasteiger partial charge in [0.1, 0.15) is 18.8 Å². The van der Waals surface area contributed by atoms with E-state index < -0.39 is 45.2 Å². The minimum absolute atomic E-state index is 0.0679. The van der Waals surface area contributed by atoms with Crippen LogP contribution in [0.2, 0.25) is 10.0 Å². The SMILES string of the molecule is CCOC(=O)C1=C(c2ccc(OCCOc3c(Cl)cc(C)cc3Cl)nc2)C[C@@H]2CN(C(=O)OC(C)(C)C)C[C@H]1N2C(=O)OC(C)(C)C(Cl)(Cl)Cl. The van der Waals surface area contributed by atoms with Crippen molar-refractivity contribution in [3.8, 4) is 11.6 Å². The first kappa shape index (κ1) is 39.9. The average Bonchev–Trinajstić information content (AvgIpc) is 2.98. The summed E-state index contributed by atoms with van der Waals surface area (Å²) in [5.41, 5.74) is -0.0400. The Morgan fingerprint density at radius 1 is 0.920 bits per heavy atom.